The van der Waals surface area contributed by atoms with Gasteiger partial charge in [0.15, 0.2) is 5.82 Å². The molecule has 5 nitrogen and oxygen atoms in total. The molecule has 0 bridgehead atoms. The molecule has 2 atom stereocenters. The van der Waals surface area contributed by atoms with Gasteiger partial charge in [-0.2, -0.15) is 0 Å². The van der Waals surface area contributed by atoms with E-state index in [1.165, 1.54) is 19.3 Å². The molecule has 1 aliphatic rings. The van der Waals surface area contributed by atoms with E-state index in [9.17, 15) is 4.79 Å². The first-order chi connectivity index (χ1) is 9.63. The average Bonchev–Trinajstić information content (AvgIpc) is 2.47. The Kier molecular flexibility index (Phi) is 5.37. The number of halogens is 1. The van der Waals surface area contributed by atoms with Crippen LogP contribution in [0.2, 0.25) is 0 Å². The molecule has 0 saturated heterocycles. The van der Waals surface area contributed by atoms with Gasteiger partial charge in [-0.05, 0) is 40.8 Å². The van der Waals surface area contributed by atoms with Crippen molar-refractivity contribution in [2.45, 2.75) is 45.1 Å². The third kappa shape index (κ3) is 3.70. The molecule has 0 aromatic carbocycles. The third-order valence-electron chi connectivity index (χ3n) is 3.93. The number of nitrogens with zero attached hydrogens (tertiary/aromatic N) is 1. The van der Waals surface area contributed by atoms with Gasteiger partial charge in [-0.15, -0.1) is 0 Å². The van der Waals surface area contributed by atoms with Crippen LogP contribution in [-0.4, -0.2) is 16.9 Å². The molecule has 1 aliphatic carbocycles. The minimum Gasteiger partial charge on any atom is -0.349 e. The molecule has 1 saturated carbocycles. The summed E-state index contributed by atoms with van der Waals surface area (Å²) in [5.74, 6) is 6.41. The van der Waals surface area contributed by atoms with Gasteiger partial charge in [0, 0.05) is 16.7 Å². The molecule has 1 fully saturated rings. The third-order valence-corrected chi connectivity index (χ3v) is 4.36. The quantitative estimate of drug-likeness (QED) is 0.581. The summed E-state index contributed by atoms with van der Waals surface area (Å²) in [6.45, 7) is 2.21. The summed E-state index contributed by atoms with van der Waals surface area (Å²) in [7, 11) is 0. The fourth-order valence-corrected chi connectivity index (χ4v) is 3.11. The first-order valence-electron chi connectivity index (χ1n) is 7.07. The van der Waals surface area contributed by atoms with E-state index >= 15 is 0 Å². The molecular formula is C14H21BrN4O. The maximum absolute atomic E-state index is 12.4. The highest BCUT2D eigenvalue weighted by atomic mass is 79.9. The Balaban J connectivity index is 2.06. The topological polar surface area (TPSA) is 80.0 Å². The van der Waals surface area contributed by atoms with Crippen molar-refractivity contribution in [1.82, 2.24) is 10.3 Å². The Bertz CT molecular complexity index is 480. The normalized spacial score (nSPS) is 22.4. The van der Waals surface area contributed by atoms with Gasteiger partial charge in [0.1, 0.15) is 0 Å². The number of hydrogen-bond acceptors (Lipinski definition) is 4. The molecule has 20 heavy (non-hydrogen) atoms. The number of hydrogen-bond donors (Lipinski definition) is 3. The molecule has 110 valence electrons. The van der Waals surface area contributed by atoms with Crippen molar-refractivity contribution in [1.29, 1.82) is 0 Å². The zero-order valence-electron chi connectivity index (χ0n) is 11.7. The maximum Gasteiger partial charge on any atom is 0.255 e. The number of nitrogens with two attached hydrogens (primary N) is 1. The second-order valence-corrected chi connectivity index (χ2v) is 6.22. The molecular weight excluding hydrogens is 320 g/mol. The number of hydrazine groups is 1. The smallest absolute Gasteiger partial charge is 0.255 e. The summed E-state index contributed by atoms with van der Waals surface area (Å²) >= 11 is 3.33. The summed E-state index contributed by atoms with van der Waals surface area (Å²) in [4.78, 5) is 16.5. The van der Waals surface area contributed by atoms with Gasteiger partial charge in [0.2, 0.25) is 0 Å². The average molecular weight is 341 g/mol. The maximum atomic E-state index is 12.4. The first-order valence-corrected chi connectivity index (χ1v) is 7.86. The van der Waals surface area contributed by atoms with E-state index < -0.39 is 0 Å². The molecule has 1 heterocycles. The molecule has 0 aliphatic heterocycles. The summed E-state index contributed by atoms with van der Waals surface area (Å²) in [6.07, 6.45) is 7.36. The van der Waals surface area contributed by atoms with Crippen LogP contribution in [0, 0.1) is 5.92 Å². The number of pyridine rings is 1. The van der Waals surface area contributed by atoms with Crippen LogP contribution in [0.4, 0.5) is 5.82 Å². The van der Waals surface area contributed by atoms with E-state index in [-0.39, 0.29) is 11.9 Å². The van der Waals surface area contributed by atoms with E-state index in [2.05, 4.69) is 38.6 Å². The number of nitrogen functional groups attached to an aromatic ring is 1. The number of nitrogens with one attached hydrogen (secondary N) is 2. The highest BCUT2D eigenvalue weighted by molar-refractivity contribution is 9.10. The number of carbonyl (C=O) groups excluding carboxylic acids is 1. The lowest BCUT2D eigenvalue weighted by Crippen LogP contribution is -2.38. The zero-order chi connectivity index (χ0) is 14.5. The van der Waals surface area contributed by atoms with E-state index in [0.29, 0.717) is 11.4 Å². The van der Waals surface area contributed by atoms with E-state index in [0.717, 1.165) is 23.2 Å². The van der Waals surface area contributed by atoms with E-state index in [1.807, 2.05) is 0 Å². The molecule has 1 amide bonds. The predicted octanol–water partition coefficient (Wildman–Crippen LogP) is 2.83. The van der Waals surface area contributed by atoms with Crippen molar-refractivity contribution >= 4 is 27.7 Å². The summed E-state index contributed by atoms with van der Waals surface area (Å²) in [6, 6.07) is 1.99. The Morgan fingerprint density at radius 2 is 2.35 bits per heavy atom. The molecule has 2 unspecified atom stereocenters. The summed E-state index contributed by atoms with van der Waals surface area (Å²) in [5.41, 5.74) is 2.94. The summed E-state index contributed by atoms with van der Waals surface area (Å²) in [5, 5.41) is 3.11. The number of aromatic nitrogens is 1. The van der Waals surface area contributed by atoms with Crippen molar-refractivity contribution < 1.29 is 4.79 Å². The number of amides is 1. The zero-order valence-corrected chi connectivity index (χ0v) is 13.2. The van der Waals surface area contributed by atoms with Crippen LogP contribution in [0.15, 0.2) is 16.7 Å². The minimum atomic E-state index is -0.117. The fourth-order valence-electron chi connectivity index (χ4n) is 2.78. The lowest BCUT2D eigenvalue weighted by Gasteiger charge is -2.29. The highest BCUT2D eigenvalue weighted by Crippen LogP contribution is 2.27. The number of rotatable bonds is 4. The van der Waals surface area contributed by atoms with Crippen LogP contribution in [0.5, 0.6) is 0 Å². The van der Waals surface area contributed by atoms with Gasteiger partial charge in [0.25, 0.3) is 5.91 Å². The van der Waals surface area contributed by atoms with E-state index in [4.69, 9.17) is 5.84 Å². The van der Waals surface area contributed by atoms with E-state index in [1.54, 1.807) is 12.3 Å². The second-order valence-electron chi connectivity index (χ2n) is 5.31. The lowest BCUT2D eigenvalue weighted by molar-refractivity contribution is 0.0919. The molecule has 0 spiro atoms. The van der Waals surface area contributed by atoms with Crippen LogP contribution >= 0.6 is 15.9 Å². The van der Waals surface area contributed by atoms with Crippen molar-refractivity contribution in [3.8, 4) is 0 Å². The van der Waals surface area contributed by atoms with Crippen molar-refractivity contribution in [3.63, 3.8) is 0 Å². The molecule has 0 radical (unpaired) electrons. The van der Waals surface area contributed by atoms with Gasteiger partial charge >= 0.3 is 0 Å². The summed E-state index contributed by atoms with van der Waals surface area (Å²) < 4.78 is 0.761. The number of anilines is 1. The Morgan fingerprint density at radius 3 is 3.05 bits per heavy atom. The Labute approximate surface area is 127 Å². The fraction of sp³-hybridized carbons (Fsp3) is 0.571. The number of carbonyl (C=O) groups is 1. The SMILES string of the molecule is CCC1CCCC(NC(=O)c2cc(Br)cnc2NN)C1. The van der Waals surface area contributed by atoms with Gasteiger partial charge in [0.05, 0.1) is 5.56 Å². The molecule has 4 N–H and O–H groups in total. The molecule has 2 rings (SSSR count). The van der Waals surface area contributed by atoms with Gasteiger partial charge in [-0.25, -0.2) is 10.8 Å². The minimum absolute atomic E-state index is 0.117. The molecule has 1 aromatic heterocycles. The predicted molar refractivity (Wildman–Crippen MR) is 83.3 cm³/mol. The Morgan fingerprint density at radius 1 is 1.55 bits per heavy atom. The van der Waals surface area contributed by atoms with Crippen LogP contribution in [-0.2, 0) is 0 Å². The monoisotopic (exact) mass is 340 g/mol. The van der Waals surface area contributed by atoms with Crippen LogP contribution in [0.3, 0.4) is 0 Å². The van der Waals surface area contributed by atoms with Crippen molar-refractivity contribution in [2.24, 2.45) is 11.8 Å². The second kappa shape index (κ2) is 7.04. The largest absolute Gasteiger partial charge is 0.349 e. The van der Waals surface area contributed by atoms with Crippen molar-refractivity contribution in [2.75, 3.05) is 5.43 Å². The first kappa shape index (κ1) is 15.3. The molecule has 1 aromatic rings. The Hall–Kier alpha value is -1.14. The van der Waals surface area contributed by atoms with Gasteiger partial charge in [-0.1, -0.05) is 26.2 Å². The van der Waals surface area contributed by atoms with Crippen molar-refractivity contribution in [3.05, 3.63) is 22.3 Å². The van der Waals surface area contributed by atoms with Crippen LogP contribution in [0.25, 0.3) is 0 Å². The lowest BCUT2D eigenvalue weighted by atomic mass is 9.84. The molecule has 6 heteroatoms. The van der Waals surface area contributed by atoms with Gasteiger partial charge in [-0.3, -0.25) is 4.79 Å². The highest BCUT2D eigenvalue weighted by Gasteiger charge is 2.23. The standard InChI is InChI=1S/C14H21BrN4O/c1-2-9-4-3-5-11(6-9)18-14(20)12-7-10(15)8-17-13(12)19-16/h7-9,11H,2-6,16H2,1H3,(H,17,19)(H,18,20). The van der Waals surface area contributed by atoms with Crippen LogP contribution < -0.4 is 16.6 Å². The van der Waals surface area contributed by atoms with Crippen LogP contribution in [0.1, 0.15) is 49.4 Å². The van der Waals surface area contributed by atoms with Gasteiger partial charge < -0.3 is 10.7 Å².